The Labute approximate surface area is 408 Å². The first kappa shape index (κ1) is 62.9. The lowest BCUT2D eigenvalue weighted by atomic mass is 10.0. The molecule has 0 saturated carbocycles. The van der Waals surface area contributed by atoms with Crippen LogP contribution in [0.3, 0.4) is 0 Å². The van der Waals surface area contributed by atoms with Crippen LogP contribution >= 0.6 is 0 Å². The van der Waals surface area contributed by atoms with Gasteiger partial charge in [-0.05, 0) is 109 Å². The first-order chi connectivity index (χ1) is 31.5. The average molecular weight is 977 g/mol. The van der Waals surface area contributed by atoms with E-state index in [2.05, 4.69) is 65.0 Å². The number of amides is 4. The third-order valence-corrected chi connectivity index (χ3v) is 9.25. The largest absolute Gasteiger partial charge is 0.488 e. The zero-order valence-corrected chi connectivity index (χ0v) is 42.3. The van der Waals surface area contributed by atoms with Crippen LogP contribution in [0, 0.1) is 13.8 Å². The molecule has 0 aromatic carbocycles. The van der Waals surface area contributed by atoms with Gasteiger partial charge in [0.15, 0.2) is 17.3 Å². The van der Waals surface area contributed by atoms with E-state index < -0.39 is 58.7 Å². The smallest absolute Gasteiger partial charge is 0.413 e. The zero-order valence-electron chi connectivity index (χ0n) is 42.3. The maximum absolute atomic E-state index is 12.8. The highest BCUT2D eigenvalue weighted by Gasteiger charge is 2.33. The predicted molar refractivity (Wildman–Crippen MR) is 260 cm³/mol. The van der Waals surface area contributed by atoms with Crippen LogP contribution < -0.4 is 41.4 Å². The molecule has 0 radical (unpaired) electrons. The first-order valence-electron chi connectivity index (χ1n) is 22.1. The lowest BCUT2D eigenvalue weighted by molar-refractivity contribution is -0.142. The number of rotatable bonds is 26. The van der Waals surface area contributed by atoms with E-state index in [0.29, 0.717) is 67.7 Å². The monoisotopic (exact) mass is 977 g/mol. The quantitative estimate of drug-likeness (QED) is 0.0641. The van der Waals surface area contributed by atoms with Gasteiger partial charge in [0.25, 0.3) is 11.8 Å². The van der Waals surface area contributed by atoms with E-state index in [-0.39, 0.29) is 38.2 Å². The highest BCUT2D eigenvalue weighted by atomic mass is 16.6. The van der Waals surface area contributed by atoms with Crippen molar-refractivity contribution in [2.75, 3.05) is 40.5 Å². The summed E-state index contributed by atoms with van der Waals surface area (Å²) < 4.78 is 31.8. The average Bonchev–Trinajstić information content (AvgIpc) is 3.23. The summed E-state index contributed by atoms with van der Waals surface area (Å²) in [5.74, 6) is 1.42. The van der Waals surface area contributed by atoms with Gasteiger partial charge >= 0.3 is 12.2 Å². The number of carbonyl (C=O) groups is 5. The molecular formula is C47H80N10O12. The molecule has 2 aromatic heterocycles. The van der Waals surface area contributed by atoms with Crippen LogP contribution in [-0.4, -0.2) is 136 Å². The maximum Gasteiger partial charge on any atom is 0.413 e. The summed E-state index contributed by atoms with van der Waals surface area (Å²) in [5, 5.41) is 27.2. The van der Waals surface area contributed by atoms with Crippen LogP contribution in [0.25, 0.3) is 0 Å². The molecule has 2 rings (SSSR count). The fourth-order valence-corrected chi connectivity index (χ4v) is 5.05. The summed E-state index contributed by atoms with van der Waals surface area (Å²) in [6, 6.07) is -1.41. The molecule has 22 nitrogen and oxygen atoms in total. The molecule has 3 atom stereocenters. The van der Waals surface area contributed by atoms with Crippen LogP contribution in [0.2, 0.25) is 0 Å². The summed E-state index contributed by atoms with van der Waals surface area (Å²) in [5.41, 5.74) is -3.41. The molecule has 0 bridgehead atoms. The predicted octanol–water partition coefficient (Wildman–Crippen LogP) is 4.44. The molecule has 2 aromatic rings. The molecule has 69 heavy (non-hydrogen) atoms. The highest BCUT2D eigenvalue weighted by molar-refractivity contribution is 5.92. The second-order valence-corrected chi connectivity index (χ2v) is 18.4. The minimum Gasteiger partial charge on any atom is -0.488 e. The van der Waals surface area contributed by atoms with Gasteiger partial charge < -0.3 is 54.8 Å². The Balaban J connectivity index is 0.00000132. The van der Waals surface area contributed by atoms with Gasteiger partial charge in [0.2, 0.25) is 0 Å². The molecule has 2 heterocycles. The van der Waals surface area contributed by atoms with Crippen LogP contribution in [0.15, 0.2) is 49.6 Å². The molecule has 4 amide bonds. The van der Waals surface area contributed by atoms with E-state index in [0.717, 1.165) is 0 Å². The topological polar surface area (TPSA) is 285 Å². The Morgan fingerprint density at radius 1 is 0.638 bits per heavy atom. The van der Waals surface area contributed by atoms with Gasteiger partial charge in [-0.2, -0.15) is 0 Å². The van der Waals surface area contributed by atoms with Crippen molar-refractivity contribution in [1.82, 2.24) is 51.8 Å². The highest BCUT2D eigenvalue weighted by Crippen LogP contribution is 2.15. The molecular weight excluding hydrogens is 897 g/mol. The minimum absolute atomic E-state index is 0. The summed E-state index contributed by atoms with van der Waals surface area (Å²) in [7, 11) is 2.86. The Kier molecular flexibility index (Phi) is 27.1. The number of aliphatic hydroxyl groups excluding tert-OH is 1. The normalized spacial score (nSPS) is 12.7. The summed E-state index contributed by atoms with van der Waals surface area (Å²) in [4.78, 5) is 77.7. The number of aliphatic hydroxyl groups is 1. The second-order valence-electron chi connectivity index (χ2n) is 18.4. The van der Waals surface area contributed by atoms with Crippen LogP contribution in [-0.2, 0) is 33.3 Å². The number of aryl methyl sites for hydroxylation is 2. The number of hydrogen-bond donors (Lipinski definition) is 7. The number of ketones is 1. The van der Waals surface area contributed by atoms with Crippen molar-refractivity contribution in [2.24, 2.45) is 0 Å². The van der Waals surface area contributed by atoms with Crippen molar-refractivity contribution in [3.63, 3.8) is 0 Å². The SMILES string of the molecule is C.C=C(NCCC[C@H](NC(=O)C(C)(C)OC)C(=O)COc1cnc(C)nc1)NC(=O)OC(C)(C)C.C=C(NCCC[C@H](NC(=O)C(C)(C)OC)C(O)COc1cnc(C)nc1)NC(=O)OC(C)(C)C. The van der Waals surface area contributed by atoms with Crippen molar-refractivity contribution in [2.45, 2.75) is 157 Å². The molecule has 390 valence electrons. The number of nitrogens with zero attached hydrogens (tertiary/aromatic N) is 4. The summed E-state index contributed by atoms with van der Waals surface area (Å²) in [6.07, 6.45) is 5.56. The number of ether oxygens (including phenoxy) is 6. The van der Waals surface area contributed by atoms with Crippen molar-refractivity contribution in [3.8, 4) is 11.5 Å². The Hall–Kier alpha value is -6.13. The van der Waals surface area contributed by atoms with Gasteiger partial charge in [-0.25, -0.2) is 29.5 Å². The van der Waals surface area contributed by atoms with Crippen LogP contribution in [0.4, 0.5) is 9.59 Å². The molecule has 22 heteroatoms. The number of aromatic nitrogens is 4. The summed E-state index contributed by atoms with van der Waals surface area (Å²) >= 11 is 0. The van der Waals surface area contributed by atoms with E-state index in [1.54, 1.807) is 83.1 Å². The van der Waals surface area contributed by atoms with Crippen molar-refractivity contribution in [3.05, 3.63) is 61.2 Å². The Bertz CT molecular complexity index is 1930. The van der Waals surface area contributed by atoms with Crippen molar-refractivity contribution in [1.29, 1.82) is 0 Å². The fourth-order valence-electron chi connectivity index (χ4n) is 5.05. The van der Waals surface area contributed by atoms with Gasteiger partial charge in [0.1, 0.15) is 65.0 Å². The van der Waals surface area contributed by atoms with Gasteiger partial charge in [0, 0.05) is 27.3 Å². The molecule has 0 aliphatic rings. The second kappa shape index (κ2) is 29.7. The molecule has 0 aliphatic heterocycles. The molecule has 0 fully saturated rings. The maximum atomic E-state index is 12.8. The fraction of sp³-hybridized carbons (Fsp3) is 0.638. The minimum atomic E-state index is -1.10. The molecule has 0 saturated heterocycles. The molecule has 0 spiro atoms. The zero-order chi connectivity index (χ0) is 51.9. The van der Waals surface area contributed by atoms with E-state index >= 15 is 0 Å². The van der Waals surface area contributed by atoms with Gasteiger partial charge in [-0.1, -0.05) is 20.6 Å². The number of carbonyl (C=O) groups excluding carboxylic acids is 5. The third-order valence-electron chi connectivity index (χ3n) is 9.25. The number of methoxy groups -OCH3 is 2. The van der Waals surface area contributed by atoms with Crippen LogP contribution in [0.1, 0.15) is 114 Å². The van der Waals surface area contributed by atoms with Crippen LogP contribution in [0.5, 0.6) is 11.5 Å². The van der Waals surface area contributed by atoms with Crippen molar-refractivity contribution < 1.29 is 57.5 Å². The standard InChI is InChI=1S/C23H39N5O6.C23H37N5O6.CH4/c2*1-15-25-12-17(13-26-15)33-14-19(29)18(28-20(30)23(6,7)32-8)10-9-11-24-16(2)27-21(31)34-22(3,4)5;/h12-13,18-19,24,29H,2,9-11,14H2,1,3-8H3,(H,27,31)(H,28,30);12-13,18,24H,2,9-11,14H2,1,3-8H3,(H,27,31)(H,28,30);1H4/t18-,19?;18-;/m00./s1. The number of alkyl carbamates (subject to hydrolysis) is 2. The van der Waals surface area contributed by atoms with Gasteiger partial charge in [-0.15, -0.1) is 0 Å². The van der Waals surface area contributed by atoms with Crippen molar-refractivity contribution >= 4 is 29.8 Å². The number of nitrogens with one attached hydrogen (secondary N) is 6. The van der Waals surface area contributed by atoms with E-state index in [1.165, 1.54) is 39.0 Å². The Morgan fingerprint density at radius 2 is 1.03 bits per heavy atom. The van der Waals surface area contributed by atoms with Gasteiger partial charge in [-0.3, -0.25) is 25.0 Å². The molecule has 1 unspecified atom stereocenters. The molecule has 7 N–H and O–H groups in total. The lowest BCUT2D eigenvalue weighted by Crippen LogP contribution is -2.53. The third kappa shape index (κ3) is 27.5. The number of hydrogen-bond acceptors (Lipinski definition) is 18. The summed E-state index contributed by atoms with van der Waals surface area (Å²) in [6.45, 7) is 28.6. The van der Waals surface area contributed by atoms with E-state index in [9.17, 15) is 29.1 Å². The number of Topliss-reactive ketones (excluding diaryl/α,β-unsaturated/α-hetero) is 1. The van der Waals surface area contributed by atoms with E-state index in [1.807, 2.05) is 0 Å². The Morgan fingerprint density at radius 3 is 1.43 bits per heavy atom. The lowest BCUT2D eigenvalue weighted by Gasteiger charge is -2.29. The van der Waals surface area contributed by atoms with E-state index in [4.69, 9.17) is 28.4 Å². The molecule has 0 aliphatic carbocycles. The first-order valence-corrected chi connectivity index (χ1v) is 22.1. The van der Waals surface area contributed by atoms with Gasteiger partial charge in [0.05, 0.1) is 36.9 Å².